The average Bonchev–Trinajstić information content (AvgIpc) is 2.11. The van der Waals surface area contributed by atoms with E-state index in [9.17, 15) is 9.59 Å². The van der Waals surface area contributed by atoms with Crippen LogP contribution in [0, 0.1) is 0 Å². The van der Waals surface area contributed by atoms with Gasteiger partial charge in [-0.15, -0.1) is 0 Å². The number of hydrogen-bond acceptors (Lipinski definition) is 2. The van der Waals surface area contributed by atoms with Crippen molar-refractivity contribution in [3.05, 3.63) is 27.1 Å². The largest absolute Gasteiger partial charge is 0.341 e. The molecule has 0 spiro atoms. The number of aromatic nitrogens is 1. The number of nitrogens with one attached hydrogen (secondary N) is 3. The third kappa shape index (κ3) is 2.59. The van der Waals surface area contributed by atoms with Crippen molar-refractivity contribution in [2.75, 3.05) is 12.4 Å². The third-order valence-electron chi connectivity index (χ3n) is 1.34. The number of urea groups is 1. The van der Waals surface area contributed by atoms with Crippen LogP contribution in [0.3, 0.4) is 0 Å². The summed E-state index contributed by atoms with van der Waals surface area (Å²) in [5.74, 6) is 0. The molecule has 13 heavy (non-hydrogen) atoms. The summed E-state index contributed by atoms with van der Waals surface area (Å²) in [4.78, 5) is 24.4. The molecule has 1 heterocycles. The summed E-state index contributed by atoms with van der Waals surface area (Å²) in [5, 5.41) is 4.72. The lowest BCUT2D eigenvalue weighted by Gasteiger charge is -2.02. The molecule has 0 bridgehead atoms. The van der Waals surface area contributed by atoms with E-state index in [1.54, 1.807) is 0 Å². The molecule has 0 aliphatic heterocycles. The van der Waals surface area contributed by atoms with Gasteiger partial charge < -0.3 is 15.6 Å². The van der Waals surface area contributed by atoms with Crippen molar-refractivity contribution in [2.45, 2.75) is 0 Å². The van der Waals surface area contributed by atoms with Crippen molar-refractivity contribution in [3.8, 4) is 0 Å². The van der Waals surface area contributed by atoms with Crippen LogP contribution >= 0.6 is 15.9 Å². The Bertz CT molecular complexity index is 374. The van der Waals surface area contributed by atoms with E-state index < -0.39 is 6.03 Å². The number of carbonyl (C=O) groups is 1. The average molecular weight is 246 g/mol. The van der Waals surface area contributed by atoms with Gasteiger partial charge in [0.2, 0.25) is 0 Å². The molecule has 2 amide bonds. The summed E-state index contributed by atoms with van der Waals surface area (Å²) in [7, 11) is 1.47. The second kappa shape index (κ2) is 4.08. The number of amides is 2. The van der Waals surface area contributed by atoms with E-state index in [0.29, 0.717) is 4.47 Å². The van der Waals surface area contributed by atoms with Gasteiger partial charge in [0.25, 0.3) is 5.56 Å². The molecule has 3 N–H and O–H groups in total. The zero-order chi connectivity index (χ0) is 9.84. The molecule has 0 saturated carbocycles. The van der Waals surface area contributed by atoms with Crippen LogP contribution in [-0.4, -0.2) is 18.1 Å². The summed E-state index contributed by atoms with van der Waals surface area (Å²) in [6, 6.07) is 1.09. The zero-order valence-corrected chi connectivity index (χ0v) is 8.44. The number of hydrogen-bond donors (Lipinski definition) is 3. The van der Waals surface area contributed by atoms with Crippen LogP contribution < -0.4 is 16.2 Å². The molecular weight excluding hydrogens is 238 g/mol. The Hall–Kier alpha value is -1.30. The minimum absolute atomic E-state index is 0.203. The molecule has 0 fully saturated rings. The molecule has 0 saturated heterocycles. The summed E-state index contributed by atoms with van der Waals surface area (Å²) >= 11 is 3.17. The molecule has 0 atom stereocenters. The van der Waals surface area contributed by atoms with Crippen molar-refractivity contribution < 1.29 is 4.79 Å². The highest BCUT2D eigenvalue weighted by Gasteiger charge is 2.03. The minimum Gasteiger partial charge on any atom is -0.341 e. The molecule has 0 radical (unpaired) electrons. The van der Waals surface area contributed by atoms with Gasteiger partial charge in [0.1, 0.15) is 5.69 Å². The van der Waals surface area contributed by atoms with Crippen LogP contribution in [0.2, 0.25) is 0 Å². The Morgan fingerprint density at radius 1 is 1.62 bits per heavy atom. The standard InChI is InChI=1S/C7H8BrN3O2/c1-9-7(13)11-5-2-4(8)3-10-6(5)12/h2-3H,1H3,(H,10,12)(H2,9,11,13). The van der Waals surface area contributed by atoms with E-state index >= 15 is 0 Å². The van der Waals surface area contributed by atoms with Gasteiger partial charge in [-0.1, -0.05) is 0 Å². The molecule has 5 nitrogen and oxygen atoms in total. The van der Waals surface area contributed by atoms with Crippen LogP contribution in [0.15, 0.2) is 21.5 Å². The van der Waals surface area contributed by atoms with E-state index in [-0.39, 0.29) is 11.2 Å². The van der Waals surface area contributed by atoms with E-state index in [4.69, 9.17) is 0 Å². The second-order valence-electron chi connectivity index (χ2n) is 2.26. The molecule has 1 rings (SSSR count). The smallest absolute Gasteiger partial charge is 0.319 e. The molecule has 1 aromatic heterocycles. The van der Waals surface area contributed by atoms with E-state index in [1.807, 2.05) is 0 Å². The Morgan fingerprint density at radius 2 is 2.31 bits per heavy atom. The normalized spacial score (nSPS) is 9.38. The lowest BCUT2D eigenvalue weighted by atomic mass is 10.4. The minimum atomic E-state index is -0.427. The number of aromatic amines is 1. The Labute approximate surface area is 82.7 Å². The topological polar surface area (TPSA) is 74.0 Å². The molecular formula is C7H8BrN3O2. The first kappa shape index (κ1) is 9.79. The number of rotatable bonds is 1. The third-order valence-corrected chi connectivity index (χ3v) is 1.80. The SMILES string of the molecule is CNC(=O)Nc1cc(Br)c[nH]c1=O. The first-order valence-corrected chi connectivity index (χ1v) is 4.29. The molecule has 1 aromatic rings. The first-order valence-electron chi connectivity index (χ1n) is 3.50. The summed E-state index contributed by atoms with van der Waals surface area (Å²) < 4.78 is 0.693. The van der Waals surface area contributed by atoms with Crippen LogP contribution in [0.5, 0.6) is 0 Å². The lowest BCUT2D eigenvalue weighted by Crippen LogP contribution is -2.27. The Balaban J connectivity index is 2.94. The van der Waals surface area contributed by atoms with Gasteiger partial charge in [-0.2, -0.15) is 0 Å². The number of pyridine rings is 1. The van der Waals surface area contributed by atoms with Crippen molar-refractivity contribution >= 4 is 27.6 Å². The molecule has 0 aromatic carbocycles. The molecule has 70 valence electrons. The van der Waals surface area contributed by atoms with Crippen molar-refractivity contribution in [1.82, 2.24) is 10.3 Å². The fourth-order valence-electron chi connectivity index (χ4n) is 0.735. The zero-order valence-electron chi connectivity index (χ0n) is 6.85. The predicted molar refractivity (Wildman–Crippen MR) is 52.8 cm³/mol. The van der Waals surface area contributed by atoms with Gasteiger partial charge in [0.15, 0.2) is 0 Å². The summed E-state index contributed by atoms with van der Waals surface area (Å²) in [6.07, 6.45) is 1.50. The van der Waals surface area contributed by atoms with E-state index in [1.165, 1.54) is 19.3 Å². The van der Waals surface area contributed by atoms with Gasteiger partial charge in [-0.3, -0.25) is 4.79 Å². The fourth-order valence-corrected chi connectivity index (χ4v) is 1.08. The maximum atomic E-state index is 11.1. The molecule has 6 heteroatoms. The van der Waals surface area contributed by atoms with E-state index in [2.05, 4.69) is 31.5 Å². The molecule has 0 unspecified atom stereocenters. The quantitative estimate of drug-likeness (QED) is 0.688. The highest BCUT2D eigenvalue weighted by atomic mass is 79.9. The maximum absolute atomic E-state index is 11.1. The monoisotopic (exact) mass is 245 g/mol. The van der Waals surface area contributed by atoms with Gasteiger partial charge in [0, 0.05) is 17.7 Å². The van der Waals surface area contributed by atoms with Crippen molar-refractivity contribution in [2.24, 2.45) is 0 Å². The van der Waals surface area contributed by atoms with Crippen LogP contribution in [0.4, 0.5) is 10.5 Å². The fraction of sp³-hybridized carbons (Fsp3) is 0.143. The highest BCUT2D eigenvalue weighted by Crippen LogP contribution is 2.09. The number of carbonyl (C=O) groups excluding carboxylic acids is 1. The lowest BCUT2D eigenvalue weighted by molar-refractivity contribution is 0.254. The first-order chi connectivity index (χ1) is 6.13. The number of anilines is 1. The van der Waals surface area contributed by atoms with Gasteiger partial charge in [0.05, 0.1) is 0 Å². The molecule has 0 aliphatic rings. The maximum Gasteiger partial charge on any atom is 0.319 e. The highest BCUT2D eigenvalue weighted by molar-refractivity contribution is 9.10. The predicted octanol–water partition coefficient (Wildman–Crippen LogP) is 0.889. The van der Waals surface area contributed by atoms with Crippen molar-refractivity contribution in [3.63, 3.8) is 0 Å². The number of halogens is 1. The van der Waals surface area contributed by atoms with Crippen molar-refractivity contribution in [1.29, 1.82) is 0 Å². The molecule has 0 aliphatic carbocycles. The summed E-state index contributed by atoms with van der Waals surface area (Å²) in [5.41, 5.74) is -0.138. The Kier molecular flexibility index (Phi) is 3.07. The number of H-pyrrole nitrogens is 1. The van der Waals surface area contributed by atoms with Crippen LogP contribution in [0.25, 0.3) is 0 Å². The summed E-state index contributed by atoms with van der Waals surface area (Å²) in [6.45, 7) is 0. The second-order valence-corrected chi connectivity index (χ2v) is 3.18. The van der Waals surface area contributed by atoms with Crippen LogP contribution in [0.1, 0.15) is 0 Å². The Morgan fingerprint density at radius 3 is 2.92 bits per heavy atom. The van der Waals surface area contributed by atoms with Gasteiger partial charge in [-0.05, 0) is 22.0 Å². The van der Waals surface area contributed by atoms with Gasteiger partial charge >= 0.3 is 6.03 Å². The van der Waals surface area contributed by atoms with Gasteiger partial charge in [-0.25, -0.2) is 4.79 Å². The van der Waals surface area contributed by atoms with Crippen LogP contribution in [-0.2, 0) is 0 Å². The van der Waals surface area contributed by atoms with E-state index in [0.717, 1.165) is 0 Å².